The molecule has 6 nitrogen and oxygen atoms in total. The van der Waals surface area contributed by atoms with Crippen molar-refractivity contribution in [3.8, 4) is 0 Å². The number of aromatic nitrogens is 2. The second-order valence-electron chi connectivity index (χ2n) is 5.39. The zero-order chi connectivity index (χ0) is 18.4. The van der Waals surface area contributed by atoms with Crippen molar-refractivity contribution in [2.24, 2.45) is 0 Å². The number of benzene rings is 1. The number of carbonyl (C=O) groups excluding carboxylic acids is 2. The number of carbonyl (C=O) groups is 2. The molecule has 26 heavy (non-hydrogen) atoms. The van der Waals surface area contributed by atoms with Crippen LogP contribution in [0.1, 0.15) is 15.2 Å². The lowest BCUT2D eigenvalue weighted by Gasteiger charge is -2.06. The van der Waals surface area contributed by atoms with E-state index >= 15 is 0 Å². The average Bonchev–Trinajstić information content (AvgIpc) is 3.16. The van der Waals surface area contributed by atoms with Crippen molar-refractivity contribution >= 4 is 46.4 Å². The maximum Gasteiger partial charge on any atom is 0.266 e. The Balaban J connectivity index is 1.49. The van der Waals surface area contributed by atoms with E-state index in [1.807, 2.05) is 42.6 Å². The molecule has 8 heteroatoms. The van der Waals surface area contributed by atoms with Crippen LogP contribution in [0.2, 0.25) is 0 Å². The van der Waals surface area contributed by atoms with Crippen LogP contribution in [0.5, 0.6) is 0 Å². The van der Waals surface area contributed by atoms with E-state index in [1.165, 1.54) is 23.1 Å². The number of amides is 2. The number of nitrogens with zero attached hydrogens (tertiary/aromatic N) is 2. The number of thiophene rings is 1. The monoisotopic (exact) mass is 384 g/mol. The van der Waals surface area contributed by atoms with Crippen LogP contribution in [-0.2, 0) is 4.79 Å². The largest absolute Gasteiger partial charge is 0.325 e. The molecule has 0 bridgehead atoms. The minimum absolute atomic E-state index is 0.113. The van der Waals surface area contributed by atoms with Crippen LogP contribution < -0.4 is 10.6 Å². The van der Waals surface area contributed by atoms with Gasteiger partial charge in [0.2, 0.25) is 5.91 Å². The lowest BCUT2D eigenvalue weighted by Crippen LogP contribution is -2.14. The van der Waals surface area contributed by atoms with Crippen molar-refractivity contribution in [2.45, 2.75) is 11.9 Å². The van der Waals surface area contributed by atoms with Gasteiger partial charge in [-0.1, -0.05) is 30.0 Å². The molecule has 0 aliphatic carbocycles. The number of nitrogens with one attached hydrogen (secondary N) is 2. The van der Waals surface area contributed by atoms with Crippen molar-refractivity contribution in [1.29, 1.82) is 0 Å². The molecule has 132 valence electrons. The molecule has 0 aliphatic rings. The van der Waals surface area contributed by atoms with E-state index < -0.39 is 0 Å². The summed E-state index contributed by atoms with van der Waals surface area (Å²) in [5.74, 6) is 0.269. The van der Waals surface area contributed by atoms with E-state index in [1.54, 1.807) is 18.2 Å². The van der Waals surface area contributed by atoms with Crippen LogP contribution >= 0.6 is 23.1 Å². The van der Waals surface area contributed by atoms with Crippen molar-refractivity contribution < 1.29 is 9.59 Å². The van der Waals surface area contributed by atoms with Crippen LogP contribution in [0.4, 0.5) is 11.5 Å². The van der Waals surface area contributed by atoms with E-state index in [9.17, 15) is 9.59 Å². The van der Waals surface area contributed by atoms with Crippen LogP contribution in [0.25, 0.3) is 0 Å². The molecule has 0 unspecified atom stereocenters. The Bertz CT molecular complexity index is 896. The third-order valence-electron chi connectivity index (χ3n) is 3.28. The highest BCUT2D eigenvalue weighted by atomic mass is 32.2. The van der Waals surface area contributed by atoms with Gasteiger partial charge in [-0.05, 0) is 48.2 Å². The first-order chi connectivity index (χ1) is 12.6. The maximum absolute atomic E-state index is 12.0. The molecule has 2 aromatic heterocycles. The fourth-order valence-corrected chi connectivity index (χ4v) is 3.34. The van der Waals surface area contributed by atoms with Crippen LogP contribution in [0.15, 0.2) is 58.9 Å². The van der Waals surface area contributed by atoms with Gasteiger partial charge in [0.05, 0.1) is 10.6 Å². The fourth-order valence-electron chi connectivity index (χ4n) is 2.11. The molecule has 0 saturated carbocycles. The van der Waals surface area contributed by atoms with Gasteiger partial charge in [0.1, 0.15) is 5.03 Å². The molecule has 0 fully saturated rings. The van der Waals surface area contributed by atoms with Crippen molar-refractivity contribution in [1.82, 2.24) is 10.2 Å². The molecule has 1 aromatic carbocycles. The molecule has 0 aliphatic heterocycles. The Labute approximate surface area is 159 Å². The Morgan fingerprint density at radius 1 is 1.08 bits per heavy atom. The van der Waals surface area contributed by atoms with E-state index in [4.69, 9.17) is 0 Å². The highest BCUT2D eigenvalue weighted by molar-refractivity contribution is 7.99. The Morgan fingerprint density at radius 2 is 1.96 bits per heavy atom. The lowest BCUT2D eigenvalue weighted by atomic mass is 10.2. The predicted octanol–water partition coefficient (Wildman–Crippen LogP) is 3.83. The molecule has 2 N–H and O–H groups in total. The second kappa shape index (κ2) is 8.59. The molecular weight excluding hydrogens is 368 g/mol. The summed E-state index contributed by atoms with van der Waals surface area (Å²) in [6, 6.07) is 14.6. The first-order valence-corrected chi connectivity index (χ1v) is 9.64. The standard InChI is InChI=1S/C18H16N4O2S2/c1-12-4-2-5-13(10-12)19-16(23)11-26-17-8-7-15(21-22-17)20-18(24)14-6-3-9-25-14/h2-10H,11H2,1H3,(H,19,23)(H,20,21,24). The third kappa shape index (κ3) is 5.14. The quantitative estimate of drug-likeness (QED) is 0.631. The first-order valence-electron chi connectivity index (χ1n) is 7.78. The molecule has 3 rings (SSSR count). The number of anilines is 2. The van der Waals surface area contributed by atoms with Gasteiger partial charge in [-0.15, -0.1) is 21.5 Å². The Morgan fingerprint density at radius 3 is 2.65 bits per heavy atom. The topological polar surface area (TPSA) is 84.0 Å². The highest BCUT2D eigenvalue weighted by Crippen LogP contribution is 2.17. The molecule has 0 atom stereocenters. The van der Waals surface area contributed by atoms with Crippen LogP contribution in [0.3, 0.4) is 0 Å². The third-order valence-corrected chi connectivity index (χ3v) is 5.07. The summed E-state index contributed by atoms with van der Waals surface area (Å²) in [5.41, 5.74) is 1.86. The van der Waals surface area contributed by atoms with Gasteiger partial charge >= 0.3 is 0 Å². The maximum atomic E-state index is 12.0. The number of hydrogen-bond acceptors (Lipinski definition) is 6. The summed E-state index contributed by atoms with van der Waals surface area (Å²) in [7, 11) is 0. The van der Waals surface area contributed by atoms with Gasteiger partial charge in [-0.2, -0.15) is 0 Å². The molecule has 0 saturated heterocycles. The molecule has 3 aromatic rings. The van der Waals surface area contributed by atoms with E-state index in [0.29, 0.717) is 15.7 Å². The first kappa shape index (κ1) is 18.1. The van der Waals surface area contributed by atoms with Crippen LogP contribution in [0, 0.1) is 6.92 Å². The number of thioether (sulfide) groups is 1. The Kier molecular flexibility index (Phi) is 5.98. The Hall–Kier alpha value is -2.71. The molecule has 2 amide bonds. The SMILES string of the molecule is Cc1cccc(NC(=O)CSc2ccc(NC(=O)c3cccs3)nn2)c1. The predicted molar refractivity (Wildman–Crippen MR) is 105 cm³/mol. The highest BCUT2D eigenvalue weighted by Gasteiger charge is 2.09. The minimum Gasteiger partial charge on any atom is -0.325 e. The van der Waals surface area contributed by atoms with E-state index in [2.05, 4.69) is 20.8 Å². The minimum atomic E-state index is -0.216. The smallest absolute Gasteiger partial charge is 0.266 e. The molecule has 2 heterocycles. The van der Waals surface area contributed by atoms with Gasteiger partial charge in [0, 0.05) is 5.69 Å². The summed E-state index contributed by atoms with van der Waals surface area (Å²) < 4.78 is 0. The van der Waals surface area contributed by atoms with Gasteiger partial charge < -0.3 is 10.6 Å². The van der Waals surface area contributed by atoms with Gasteiger partial charge in [-0.25, -0.2) is 0 Å². The average molecular weight is 384 g/mol. The molecular formula is C18H16N4O2S2. The molecule has 0 spiro atoms. The summed E-state index contributed by atoms with van der Waals surface area (Å²) in [5, 5.41) is 16.0. The summed E-state index contributed by atoms with van der Waals surface area (Å²) in [6.45, 7) is 1.97. The van der Waals surface area contributed by atoms with Gasteiger partial charge in [-0.3, -0.25) is 9.59 Å². The summed E-state index contributed by atoms with van der Waals surface area (Å²) >= 11 is 2.64. The van der Waals surface area contributed by atoms with Crippen molar-refractivity contribution in [2.75, 3.05) is 16.4 Å². The van der Waals surface area contributed by atoms with E-state index in [-0.39, 0.29) is 17.6 Å². The number of aryl methyl sites for hydroxylation is 1. The fraction of sp³-hybridized carbons (Fsp3) is 0.111. The van der Waals surface area contributed by atoms with E-state index in [0.717, 1.165) is 11.3 Å². The number of hydrogen-bond donors (Lipinski definition) is 2. The van der Waals surface area contributed by atoms with Gasteiger partial charge in [0.25, 0.3) is 5.91 Å². The van der Waals surface area contributed by atoms with Crippen LogP contribution in [-0.4, -0.2) is 27.8 Å². The van der Waals surface area contributed by atoms with Crippen molar-refractivity contribution in [3.05, 3.63) is 64.4 Å². The lowest BCUT2D eigenvalue weighted by molar-refractivity contribution is -0.113. The zero-order valence-corrected chi connectivity index (χ0v) is 15.6. The summed E-state index contributed by atoms with van der Waals surface area (Å²) in [6.07, 6.45) is 0. The van der Waals surface area contributed by atoms with Crippen molar-refractivity contribution in [3.63, 3.8) is 0 Å². The summed E-state index contributed by atoms with van der Waals surface area (Å²) in [4.78, 5) is 24.6. The zero-order valence-electron chi connectivity index (χ0n) is 13.9. The second-order valence-corrected chi connectivity index (χ2v) is 7.34. The molecule has 0 radical (unpaired) electrons. The number of rotatable bonds is 6. The normalized spacial score (nSPS) is 10.3. The van der Waals surface area contributed by atoms with Gasteiger partial charge in [0.15, 0.2) is 5.82 Å².